The van der Waals surface area contributed by atoms with Crippen LogP contribution in [0.5, 0.6) is 0 Å². The summed E-state index contributed by atoms with van der Waals surface area (Å²) < 4.78 is 18.1. The zero-order chi connectivity index (χ0) is 16.2. The van der Waals surface area contributed by atoms with Gasteiger partial charge in [-0.2, -0.15) is 4.98 Å². The maximum Gasteiger partial charge on any atom is 0.251 e. The second-order valence-corrected chi connectivity index (χ2v) is 5.02. The van der Waals surface area contributed by atoms with Crippen molar-refractivity contribution >= 4 is 5.91 Å². The fourth-order valence-electron chi connectivity index (χ4n) is 2.06. The van der Waals surface area contributed by atoms with E-state index < -0.39 is 6.04 Å². The third kappa shape index (κ3) is 3.42. The van der Waals surface area contributed by atoms with Crippen molar-refractivity contribution in [1.29, 1.82) is 0 Å². The van der Waals surface area contributed by atoms with Crippen molar-refractivity contribution in [2.75, 3.05) is 0 Å². The van der Waals surface area contributed by atoms with Crippen LogP contribution in [0.15, 0.2) is 59.1 Å². The second kappa shape index (κ2) is 6.39. The topological polar surface area (TPSA) is 68.0 Å². The Morgan fingerprint density at radius 1 is 1.13 bits per heavy atom. The molecule has 0 aliphatic carbocycles. The Morgan fingerprint density at radius 2 is 1.83 bits per heavy atom. The van der Waals surface area contributed by atoms with Crippen LogP contribution < -0.4 is 5.32 Å². The number of carbonyl (C=O) groups excluding carboxylic acids is 1. The molecule has 1 heterocycles. The van der Waals surface area contributed by atoms with Crippen molar-refractivity contribution in [2.45, 2.75) is 13.0 Å². The highest BCUT2D eigenvalue weighted by Crippen LogP contribution is 2.18. The Labute approximate surface area is 132 Å². The Bertz CT molecular complexity index is 800. The maximum absolute atomic E-state index is 12.9. The minimum absolute atomic E-state index is 0.305. The van der Waals surface area contributed by atoms with Crippen LogP contribution in [0.1, 0.15) is 29.2 Å². The summed E-state index contributed by atoms with van der Waals surface area (Å²) in [7, 11) is 0. The standard InChI is InChI=1S/C17H14FN3O2/c1-11(19-16(22)13-7-9-14(18)10-8-13)17-20-15(21-23-17)12-5-3-2-4-6-12/h2-11H,1H3,(H,19,22)/t11-/m0/s1. The minimum atomic E-state index is -0.461. The van der Waals surface area contributed by atoms with Crippen LogP contribution in [-0.4, -0.2) is 16.0 Å². The quantitative estimate of drug-likeness (QED) is 0.802. The summed E-state index contributed by atoms with van der Waals surface area (Å²) in [4.78, 5) is 16.4. The molecule has 0 unspecified atom stereocenters. The number of halogens is 1. The molecule has 0 saturated heterocycles. The van der Waals surface area contributed by atoms with Crippen LogP contribution in [0.3, 0.4) is 0 Å². The van der Waals surface area contributed by atoms with Gasteiger partial charge in [-0.15, -0.1) is 0 Å². The lowest BCUT2D eigenvalue weighted by atomic mass is 10.2. The zero-order valence-electron chi connectivity index (χ0n) is 12.4. The van der Waals surface area contributed by atoms with Gasteiger partial charge in [-0.1, -0.05) is 35.5 Å². The van der Waals surface area contributed by atoms with Crippen LogP contribution in [0, 0.1) is 5.82 Å². The van der Waals surface area contributed by atoms with E-state index in [1.165, 1.54) is 24.3 Å². The van der Waals surface area contributed by atoms with E-state index in [1.54, 1.807) is 6.92 Å². The molecule has 5 nitrogen and oxygen atoms in total. The molecule has 0 fully saturated rings. The van der Waals surface area contributed by atoms with Crippen molar-refractivity contribution in [3.63, 3.8) is 0 Å². The molecule has 0 radical (unpaired) electrons. The highest BCUT2D eigenvalue weighted by molar-refractivity contribution is 5.94. The fourth-order valence-corrected chi connectivity index (χ4v) is 2.06. The van der Waals surface area contributed by atoms with Gasteiger partial charge < -0.3 is 9.84 Å². The van der Waals surface area contributed by atoms with E-state index in [1.807, 2.05) is 30.3 Å². The van der Waals surface area contributed by atoms with Gasteiger partial charge >= 0.3 is 0 Å². The summed E-state index contributed by atoms with van der Waals surface area (Å²) in [5.74, 6) is 0.0405. The van der Waals surface area contributed by atoms with Crippen molar-refractivity contribution in [1.82, 2.24) is 15.5 Å². The van der Waals surface area contributed by atoms with Crippen LogP contribution >= 0.6 is 0 Å². The summed E-state index contributed by atoms with van der Waals surface area (Å²) in [5, 5.41) is 6.65. The van der Waals surface area contributed by atoms with E-state index in [0.29, 0.717) is 17.3 Å². The molecule has 116 valence electrons. The summed E-state index contributed by atoms with van der Waals surface area (Å²) in [6.45, 7) is 1.74. The molecule has 1 atom stereocenters. The van der Waals surface area contributed by atoms with E-state index in [0.717, 1.165) is 5.56 Å². The van der Waals surface area contributed by atoms with Crippen molar-refractivity contribution < 1.29 is 13.7 Å². The van der Waals surface area contributed by atoms with Crippen molar-refractivity contribution in [3.05, 3.63) is 71.9 Å². The highest BCUT2D eigenvalue weighted by atomic mass is 19.1. The number of benzene rings is 2. The van der Waals surface area contributed by atoms with Crippen LogP contribution in [0.25, 0.3) is 11.4 Å². The number of aromatic nitrogens is 2. The summed E-state index contributed by atoms with van der Waals surface area (Å²) in [5.41, 5.74) is 1.20. The smallest absolute Gasteiger partial charge is 0.251 e. The average Bonchev–Trinajstić information content (AvgIpc) is 3.06. The first-order valence-corrected chi connectivity index (χ1v) is 7.09. The number of hydrogen-bond acceptors (Lipinski definition) is 4. The summed E-state index contributed by atoms with van der Waals surface area (Å²) >= 11 is 0. The number of hydrogen-bond donors (Lipinski definition) is 1. The highest BCUT2D eigenvalue weighted by Gasteiger charge is 2.18. The van der Waals surface area contributed by atoms with E-state index in [4.69, 9.17) is 4.52 Å². The molecule has 6 heteroatoms. The predicted molar refractivity (Wildman–Crippen MR) is 82.0 cm³/mol. The van der Waals surface area contributed by atoms with Gasteiger partial charge in [-0.3, -0.25) is 4.79 Å². The van der Waals surface area contributed by atoms with Gasteiger partial charge in [0.1, 0.15) is 11.9 Å². The summed E-state index contributed by atoms with van der Waals surface area (Å²) in [6, 6.07) is 14.2. The lowest BCUT2D eigenvalue weighted by Gasteiger charge is -2.09. The maximum atomic E-state index is 12.9. The van der Waals surface area contributed by atoms with E-state index >= 15 is 0 Å². The van der Waals surface area contributed by atoms with Crippen molar-refractivity contribution in [2.24, 2.45) is 0 Å². The number of rotatable bonds is 4. The Hall–Kier alpha value is -3.02. The molecule has 0 aliphatic heterocycles. The van der Waals surface area contributed by atoms with Gasteiger partial charge in [0.15, 0.2) is 0 Å². The molecule has 23 heavy (non-hydrogen) atoms. The Kier molecular flexibility index (Phi) is 4.14. The van der Waals surface area contributed by atoms with Gasteiger partial charge in [0.05, 0.1) is 0 Å². The van der Waals surface area contributed by atoms with Gasteiger partial charge in [0.2, 0.25) is 11.7 Å². The predicted octanol–water partition coefficient (Wildman–Crippen LogP) is 3.37. The first kappa shape index (κ1) is 14.9. The number of nitrogens with one attached hydrogen (secondary N) is 1. The molecule has 3 rings (SSSR count). The van der Waals surface area contributed by atoms with Crippen LogP contribution in [0.2, 0.25) is 0 Å². The van der Waals surface area contributed by atoms with Gasteiger partial charge in [-0.05, 0) is 31.2 Å². The normalized spacial score (nSPS) is 11.9. The largest absolute Gasteiger partial charge is 0.341 e. The van der Waals surface area contributed by atoms with E-state index in [2.05, 4.69) is 15.5 Å². The molecule has 0 saturated carbocycles. The molecule has 3 aromatic rings. The molecule has 1 amide bonds. The lowest BCUT2D eigenvalue weighted by Crippen LogP contribution is -2.26. The Balaban J connectivity index is 1.71. The first-order valence-electron chi connectivity index (χ1n) is 7.09. The second-order valence-electron chi connectivity index (χ2n) is 5.02. The molecule has 1 aromatic heterocycles. The number of carbonyl (C=O) groups is 1. The van der Waals surface area contributed by atoms with E-state index in [-0.39, 0.29) is 11.7 Å². The van der Waals surface area contributed by atoms with Crippen LogP contribution in [0.4, 0.5) is 4.39 Å². The Morgan fingerprint density at radius 3 is 2.52 bits per heavy atom. The third-order valence-corrected chi connectivity index (χ3v) is 3.30. The average molecular weight is 311 g/mol. The fraction of sp³-hybridized carbons (Fsp3) is 0.118. The molecule has 0 aliphatic rings. The van der Waals surface area contributed by atoms with Gasteiger partial charge in [0, 0.05) is 11.1 Å². The molecule has 1 N–H and O–H groups in total. The first-order chi connectivity index (χ1) is 11.1. The number of amides is 1. The lowest BCUT2D eigenvalue weighted by molar-refractivity contribution is 0.0932. The SMILES string of the molecule is C[C@H](NC(=O)c1ccc(F)cc1)c1nc(-c2ccccc2)no1. The van der Waals surface area contributed by atoms with Crippen LogP contribution in [-0.2, 0) is 0 Å². The zero-order valence-corrected chi connectivity index (χ0v) is 12.4. The molecule has 0 bridgehead atoms. The minimum Gasteiger partial charge on any atom is -0.341 e. The molecule has 0 spiro atoms. The molecular formula is C17H14FN3O2. The molecular weight excluding hydrogens is 297 g/mol. The molecule has 2 aromatic carbocycles. The van der Waals surface area contributed by atoms with E-state index in [9.17, 15) is 9.18 Å². The monoisotopic (exact) mass is 311 g/mol. The number of nitrogens with zero attached hydrogens (tertiary/aromatic N) is 2. The summed E-state index contributed by atoms with van der Waals surface area (Å²) in [6.07, 6.45) is 0. The van der Waals surface area contributed by atoms with Gasteiger partial charge in [-0.25, -0.2) is 4.39 Å². The third-order valence-electron chi connectivity index (χ3n) is 3.30. The van der Waals surface area contributed by atoms with Gasteiger partial charge in [0.25, 0.3) is 5.91 Å². The van der Waals surface area contributed by atoms with Crippen molar-refractivity contribution in [3.8, 4) is 11.4 Å².